The number of unbranched alkanes of at least 4 members (excludes halogenated alkanes) is 2. The van der Waals surface area contributed by atoms with E-state index >= 15 is 0 Å². The molecule has 2 aromatic carbocycles. The minimum absolute atomic E-state index is 0.0455. The van der Waals surface area contributed by atoms with Gasteiger partial charge in [-0.15, -0.1) is 0 Å². The van der Waals surface area contributed by atoms with Crippen LogP contribution in [0.2, 0.25) is 0 Å². The summed E-state index contributed by atoms with van der Waals surface area (Å²) in [7, 11) is -5.20. The van der Waals surface area contributed by atoms with Crippen molar-refractivity contribution in [1.29, 1.82) is 0 Å². The number of halogens is 6. The van der Waals surface area contributed by atoms with E-state index in [2.05, 4.69) is 0 Å². The highest BCUT2D eigenvalue weighted by Crippen LogP contribution is 2.44. The Balaban J connectivity index is 1.73. The van der Waals surface area contributed by atoms with E-state index in [1.54, 1.807) is 51.3 Å². The number of imidazole rings is 1. The van der Waals surface area contributed by atoms with Crippen LogP contribution in [0.5, 0.6) is 0 Å². The van der Waals surface area contributed by atoms with Gasteiger partial charge in [-0.25, -0.2) is 9.13 Å². The van der Waals surface area contributed by atoms with E-state index in [0.29, 0.717) is 22.8 Å². The molecule has 2 heterocycles. The molecule has 0 fully saturated rings. The normalized spacial score (nSPS) is 15.5. The standard InChI is InChI=1S/C29H32F6N4O6S2/c1-36-22-12-10-20(28(30,31)32)18-24(22)38(14-3-5-16-46(40,41)42)26(36)8-7-9-27-37(2)23-13-11-21(29(33,34)35)19-25(23)39(27)15-4-6-17-47(43,44)45/h7-13,18-19H,3-6,14-17H2,1-2H3,(H-,40,41,42,43,44,45)/p+1. The molecule has 0 spiro atoms. The topological polar surface area (TPSA) is 124 Å². The lowest BCUT2D eigenvalue weighted by Crippen LogP contribution is -2.31. The van der Waals surface area contributed by atoms with Gasteiger partial charge in [0.1, 0.15) is 5.82 Å². The van der Waals surface area contributed by atoms with Crippen LogP contribution in [0.25, 0.3) is 17.1 Å². The van der Waals surface area contributed by atoms with Crippen LogP contribution in [0.1, 0.15) is 42.6 Å². The maximum Gasteiger partial charge on any atom is 0.416 e. The second-order valence-electron chi connectivity index (χ2n) is 11.1. The number of hydrogen-bond acceptors (Lipinski definition) is 6. The van der Waals surface area contributed by atoms with Crippen LogP contribution in [0.3, 0.4) is 0 Å². The van der Waals surface area contributed by atoms with Crippen LogP contribution in [-0.4, -0.2) is 55.6 Å². The Bertz CT molecular complexity index is 1920. The fourth-order valence-electron chi connectivity index (χ4n) is 5.46. The Morgan fingerprint density at radius 2 is 1.34 bits per heavy atom. The largest absolute Gasteiger partial charge is 0.416 e. The van der Waals surface area contributed by atoms with E-state index in [-0.39, 0.29) is 50.0 Å². The fraction of sp³-hybridized carbons (Fsp3) is 0.414. The van der Waals surface area contributed by atoms with E-state index in [4.69, 9.17) is 9.11 Å². The van der Waals surface area contributed by atoms with Gasteiger partial charge < -0.3 is 9.80 Å². The number of rotatable bonds is 12. The van der Waals surface area contributed by atoms with Crippen molar-refractivity contribution in [3.8, 4) is 0 Å². The van der Waals surface area contributed by atoms with Crippen molar-refractivity contribution in [3.63, 3.8) is 0 Å². The van der Waals surface area contributed by atoms with E-state index in [1.165, 1.54) is 12.1 Å². The minimum Gasteiger partial charge on any atom is -0.329 e. The third kappa shape index (κ3) is 8.85. The van der Waals surface area contributed by atoms with Crippen LogP contribution in [0, 0.1) is 0 Å². The number of nitrogens with zero attached hydrogens (tertiary/aromatic N) is 4. The minimum atomic E-state index is -4.62. The molecular formula is C29H33F6N4O6S2+. The summed E-state index contributed by atoms with van der Waals surface area (Å²) in [6.45, 7) is 0.214. The highest BCUT2D eigenvalue weighted by Gasteiger charge is 2.36. The van der Waals surface area contributed by atoms with Gasteiger partial charge >= 0.3 is 12.4 Å². The van der Waals surface area contributed by atoms with Crippen LogP contribution in [-0.2, 0) is 46.2 Å². The van der Waals surface area contributed by atoms with E-state index in [9.17, 15) is 43.2 Å². The number of aromatic nitrogens is 2. The number of hydrogen-bond donors (Lipinski definition) is 2. The van der Waals surface area contributed by atoms with Crippen molar-refractivity contribution in [2.45, 2.75) is 44.6 Å². The van der Waals surface area contributed by atoms with Gasteiger partial charge in [-0.3, -0.25) is 9.11 Å². The summed E-state index contributed by atoms with van der Waals surface area (Å²) in [5.41, 5.74) is -0.406. The number of anilines is 2. The first-order valence-corrected chi connectivity index (χ1v) is 17.5. The summed E-state index contributed by atoms with van der Waals surface area (Å²) in [5.74, 6) is -0.181. The molecule has 0 atom stereocenters. The van der Waals surface area contributed by atoms with Crippen LogP contribution >= 0.6 is 0 Å². The van der Waals surface area contributed by atoms with E-state index in [1.807, 2.05) is 0 Å². The molecule has 0 saturated heterocycles. The van der Waals surface area contributed by atoms with E-state index < -0.39 is 55.2 Å². The molecule has 0 unspecified atom stereocenters. The van der Waals surface area contributed by atoms with Crippen molar-refractivity contribution < 1.29 is 56.9 Å². The number of allylic oxidation sites excluding steroid dienone is 2. The molecule has 2 N–H and O–H groups in total. The number of benzene rings is 2. The zero-order chi connectivity index (χ0) is 34.9. The predicted octanol–water partition coefficient (Wildman–Crippen LogP) is 5.65. The molecule has 0 amide bonds. The smallest absolute Gasteiger partial charge is 0.329 e. The van der Waals surface area contributed by atoms with Gasteiger partial charge in [0.25, 0.3) is 26.1 Å². The summed E-state index contributed by atoms with van der Waals surface area (Å²) in [6, 6.07) is 6.50. The molecule has 10 nitrogen and oxygen atoms in total. The molecule has 0 radical (unpaired) electrons. The molecule has 18 heteroatoms. The summed E-state index contributed by atoms with van der Waals surface area (Å²) in [4.78, 5) is 3.22. The Labute approximate surface area is 267 Å². The van der Waals surface area contributed by atoms with Crippen molar-refractivity contribution in [3.05, 3.63) is 71.3 Å². The van der Waals surface area contributed by atoms with Crippen LogP contribution < -0.4 is 14.4 Å². The Morgan fingerprint density at radius 3 is 1.91 bits per heavy atom. The lowest BCUT2D eigenvalue weighted by atomic mass is 10.1. The third-order valence-electron chi connectivity index (χ3n) is 7.71. The first-order chi connectivity index (χ1) is 21.7. The van der Waals surface area contributed by atoms with Crippen LogP contribution in [0.15, 0.2) is 54.4 Å². The number of fused-ring (bicyclic) bond motifs is 2. The van der Waals surface area contributed by atoms with Crippen molar-refractivity contribution >= 4 is 48.7 Å². The monoisotopic (exact) mass is 711 g/mol. The SMILES string of the molecule is CN1C(=CC=Cc2n(CCCCS(=O)(=O)O)c3cc(C(F)(F)F)ccc3[n+]2C)N(CCCCS(=O)(=O)O)c2cc(C(F)(F)F)ccc21. The van der Waals surface area contributed by atoms with Gasteiger partial charge in [0, 0.05) is 25.7 Å². The average molecular weight is 712 g/mol. The fourth-order valence-corrected chi connectivity index (χ4v) is 6.60. The van der Waals surface area contributed by atoms with Gasteiger partial charge in [0.05, 0.1) is 47.6 Å². The van der Waals surface area contributed by atoms with E-state index in [0.717, 1.165) is 24.3 Å². The van der Waals surface area contributed by atoms with Crippen molar-refractivity contribution in [2.75, 3.05) is 34.9 Å². The Morgan fingerprint density at radius 1 is 0.787 bits per heavy atom. The molecule has 3 aromatic rings. The molecule has 4 rings (SSSR count). The number of alkyl halides is 6. The predicted molar refractivity (Wildman–Crippen MR) is 164 cm³/mol. The maximum absolute atomic E-state index is 13.6. The lowest BCUT2D eigenvalue weighted by Gasteiger charge is -2.23. The zero-order valence-electron chi connectivity index (χ0n) is 25.3. The van der Waals surface area contributed by atoms with Crippen LogP contribution in [0.4, 0.5) is 37.7 Å². The maximum atomic E-state index is 13.6. The highest BCUT2D eigenvalue weighted by atomic mass is 32.2. The van der Waals surface area contributed by atoms with Gasteiger partial charge in [-0.2, -0.15) is 43.2 Å². The molecular weight excluding hydrogens is 678 g/mol. The average Bonchev–Trinajstić information content (AvgIpc) is 3.36. The molecule has 0 bridgehead atoms. The van der Waals surface area contributed by atoms with Crippen molar-refractivity contribution in [1.82, 2.24) is 4.57 Å². The van der Waals surface area contributed by atoms with Crippen molar-refractivity contribution in [2.24, 2.45) is 7.05 Å². The first kappa shape index (κ1) is 36.2. The first-order valence-electron chi connectivity index (χ1n) is 14.3. The van der Waals surface area contributed by atoms with Gasteiger partial charge in [-0.1, -0.05) is 6.08 Å². The zero-order valence-corrected chi connectivity index (χ0v) is 26.9. The molecule has 47 heavy (non-hydrogen) atoms. The Kier molecular flexibility index (Phi) is 10.4. The molecule has 1 aromatic heterocycles. The summed E-state index contributed by atoms with van der Waals surface area (Å²) < 4.78 is 147. The summed E-state index contributed by atoms with van der Waals surface area (Å²) >= 11 is 0. The number of aryl methyl sites for hydroxylation is 2. The Hall–Kier alpha value is -3.61. The van der Waals surface area contributed by atoms with Gasteiger partial charge in [0.15, 0.2) is 11.0 Å². The second kappa shape index (κ2) is 13.5. The quantitative estimate of drug-likeness (QED) is 0.107. The lowest BCUT2D eigenvalue weighted by molar-refractivity contribution is -0.647. The molecule has 0 aliphatic carbocycles. The molecule has 1 aliphatic heterocycles. The molecule has 258 valence electrons. The summed E-state index contributed by atoms with van der Waals surface area (Å²) in [5, 5.41) is 0. The van der Waals surface area contributed by atoms with Gasteiger partial charge in [0.2, 0.25) is 0 Å². The molecule has 0 saturated carbocycles. The third-order valence-corrected chi connectivity index (χ3v) is 9.32. The second-order valence-corrected chi connectivity index (χ2v) is 14.2. The molecule has 1 aliphatic rings. The highest BCUT2D eigenvalue weighted by molar-refractivity contribution is 7.86. The summed E-state index contributed by atoms with van der Waals surface area (Å²) in [6.07, 6.45) is -3.97. The van der Waals surface area contributed by atoms with Gasteiger partial charge in [-0.05, 0) is 62.1 Å².